The molecule has 11 heteroatoms. The summed E-state index contributed by atoms with van der Waals surface area (Å²) in [5, 5.41) is 6.77. The van der Waals surface area contributed by atoms with Crippen molar-refractivity contribution in [2.45, 2.75) is 18.9 Å². The highest BCUT2D eigenvalue weighted by Gasteiger charge is 2.28. The van der Waals surface area contributed by atoms with E-state index in [-0.39, 0.29) is 53.9 Å². The minimum Gasteiger partial charge on any atom is -0.368 e. The molecule has 0 saturated carbocycles. The molecule has 3 rings (SSSR count). The van der Waals surface area contributed by atoms with E-state index >= 15 is 0 Å². The lowest BCUT2D eigenvalue weighted by atomic mass is 10.2. The van der Waals surface area contributed by atoms with Crippen molar-refractivity contribution in [3.05, 3.63) is 29.3 Å². The highest BCUT2D eigenvalue weighted by Crippen LogP contribution is 2.20. The van der Waals surface area contributed by atoms with Gasteiger partial charge in [0.05, 0.1) is 11.5 Å². The Bertz CT molecular complexity index is 859. The molecule has 168 valence electrons. The number of carbonyl (C=O) groups excluding carboxylic acids is 1. The average Bonchev–Trinajstić information content (AvgIpc) is 3.03. The lowest BCUT2D eigenvalue weighted by molar-refractivity contribution is -0.121. The summed E-state index contributed by atoms with van der Waals surface area (Å²) in [7, 11) is -1.26. The summed E-state index contributed by atoms with van der Waals surface area (Å²) in [6, 6.07) is 7.60. The number of carbonyl (C=O) groups is 1. The van der Waals surface area contributed by atoms with Gasteiger partial charge in [0, 0.05) is 62.9 Å². The van der Waals surface area contributed by atoms with Crippen LogP contribution in [0.2, 0.25) is 5.02 Å². The average molecular weight is 570 g/mol. The topological polar surface area (TPSA) is 94.1 Å². The molecule has 1 atom stereocenters. The molecule has 1 aromatic rings. The van der Waals surface area contributed by atoms with Gasteiger partial charge in [-0.2, -0.15) is 0 Å². The number of nitrogens with zero attached hydrogens (tertiary/aromatic N) is 3. The molecule has 8 nitrogen and oxygen atoms in total. The molecule has 2 aliphatic rings. The van der Waals surface area contributed by atoms with Crippen LogP contribution in [0.5, 0.6) is 0 Å². The van der Waals surface area contributed by atoms with Crippen LogP contribution in [0.3, 0.4) is 0 Å². The highest BCUT2D eigenvalue weighted by molar-refractivity contribution is 14.0. The van der Waals surface area contributed by atoms with Crippen LogP contribution in [-0.2, 0) is 14.6 Å². The van der Waals surface area contributed by atoms with Gasteiger partial charge < -0.3 is 20.4 Å². The number of anilines is 1. The summed E-state index contributed by atoms with van der Waals surface area (Å²) in [5.74, 6) is 0.835. The van der Waals surface area contributed by atoms with Crippen molar-refractivity contribution in [2.24, 2.45) is 4.99 Å². The molecule has 0 aromatic heterocycles. The first-order valence-corrected chi connectivity index (χ1v) is 12.0. The summed E-state index contributed by atoms with van der Waals surface area (Å²) < 4.78 is 23.0. The maximum absolute atomic E-state index is 12.1. The molecule has 0 radical (unpaired) electrons. The van der Waals surface area contributed by atoms with E-state index in [0.29, 0.717) is 13.0 Å². The summed E-state index contributed by atoms with van der Waals surface area (Å²) in [5.41, 5.74) is 1.12. The smallest absolute Gasteiger partial charge is 0.222 e. The van der Waals surface area contributed by atoms with E-state index in [1.807, 2.05) is 18.2 Å². The molecule has 2 saturated heterocycles. The minimum atomic E-state index is -2.99. The van der Waals surface area contributed by atoms with Gasteiger partial charge in [-0.15, -0.1) is 24.0 Å². The Morgan fingerprint density at radius 3 is 2.60 bits per heavy atom. The van der Waals surface area contributed by atoms with Gasteiger partial charge in [-0.25, -0.2) is 8.42 Å². The third-order valence-corrected chi connectivity index (χ3v) is 7.20. The van der Waals surface area contributed by atoms with Gasteiger partial charge >= 0.3 is 0 Å². The maximum Gasteiger partial charge on any atom is 0.222 e. The van der Waals surface area contributed by atoms with Gasteiger partial charge in [0.2, 0.25) is 5.91 Å². The van der Waals surface area contributed by atoms with Crippen LogP contribution >= 0.6 is 35.6 Å². The minimum absolute atomic E-state index is 0. The molecule has 2 fully saturated rings. The van der Waals surface area contributed by atoms with Crippen molar-refractivity contribution in [1.29, 1.82) is 0 Å². The molecule has 1 amide bonds. The molecule has 2 N–H and O–H groups in total. The van der Waals surface area contributed by atoms with Gasteiger partial charge in [0.25, 0.3) is 0 Å². The van der Waals surface area contributed by atoms with Gasteiger partial charge in [-0.3, -0.25) is 9.79 Å². The number of nitrogens with one attached hydrogen (secondary N) is 2. The normalized spacial score (nSPS) is 21.1. The Balaban J connectivity index is 0.00000320. The van der Waals surface area contributed by atoms with Gasteiger partial charge in [-0.1, -0.05) is 17.7 Å². The predicted octanol–water partition coefficient (Wildman–Crippen LogP) is 1.35. The van der Waals surface area contributed by atoms with Crippen LogP contribution < -0.4 is 15.5 Å². The van der Waals surface area contributed by atoms with Gasteiger partial charge in [-0.05, 0) is 24.6 Å². The molecule has 0 bridgehead atoms. The van der Waals surface area contributed by atoms with E-state index in [1.165, 1.54) is 0 Å². The first kappa shape index (κ1) is 25.0. The van der Waals surface area contributed by atoms with Crippen molar-refractivity contribution in [2.75, 3.05) is 56.2 Å². The second-order valence-electron chi connectivity index (χ2n) is 7.35. The number of rotatable bonds is 5. The number of hydrogen-bond donors (Lipinski definition) is 2. The zero-order chi connectivity index (χ0) is 20.9. The highest BCUT2D eigenvalue weighted by atomic mass is 127. The predicted molar refractivity (Wildman–Crippen MR) is 132 cm³/mol. The number of guanidine groups is 1. The van der Waals surface area contributed by atoms with Crippen molar-refractivity contribution in [3.63, 3.8) is 0 Å². The largest absolute Gasteiger partial charge is 0.368 e. The number of amides is 1. The monoisotopic (exact) mass is 569 g/mol. The maximum atomic E-state index is 12.1. The number of aliphatic imine (C=N–C) groups is 1. The Kier molecular flexibility index (Phi) is 9.48. The van der Waals surface area contributed by atoms with Crippen molar-refractivity contribution < 1.29 is 13.2 Å². The third-order valence-electron chi connectivity index (χ3n) is 5.20. The van der Waals surface area contributed by atoms with Crippen LogP contribution in [0.1, 0.15) is 12.8 Å². The van der Waals surface area contributed by atoms with E-state index in [4.69, 9.17) is 11.6 Å². The first-order valence-electron chi connectivity index (χ1n) is 9.82. The van der Waals surface area contributed by atoms with Crippen LogP contribution in [0.25, 0.3) is 0 Å². The van der Waals surface area contributed by atoms with E-state index < -0.39 is 9.84 Å². The lowest BCUT2D eigenvalue weighted by Crippen LogP contribution is -2.53. The van der Waals surface area contributed by atoms with Gasteiger partial charge in [0.1, 0.15) is 0 Å². The Morgan fingerprint density at radius 1 is 1.27 bits per heavy atom. The van der Waals surface area contributed by atoms with E-state index in [9.17, 15) is 13.2 Å². The molecule has 0 aliphatic carbocycles. The molecule has 30 heavy (non-hydrogen) atoms. The van der Waals surface area contributed by atoms with Crippen molar-refractivity contribution >= 4 is 63.0 Å². The number of sulfone groups is 1. The molecule has 0 spiro atoms. The fourth-order valence-corrected chi connectivity index (χ4v) is 5.54. The van der Waals surface area contributed by atoms with Crippen LogP contribution in [-0.4, -0.2) is 82.5 Å². The Morgan fingerprint density at radius 2 is 2.00 bits per heavy atom. The van der Waals surface area contributed by atoms with Crippen LogP contribution in [0.15, 0.2) is 29.3 Å². The molecule has 2 aliphatic heterocycles. The number of hydrogen-bond acceptors (Lipinski definition) is 5. The standard InChI is InChI=1S/C19H28ClN5O3S.HI/c1-21-19(22-7-5-18(26)23-16-6-12-29(27,28)14-16)25-10-8-24(9-11-25)17-4-2-3-15(20)13-17;/h2-4,13,16H,5-12,14H2,1H3,(H,21,22)(H,23,26);1H. The lowest BCUT2D eigenvalue weighted by Gasteiger charge is -2.37. The molecule has 1 aromatic carbocycles. The molecule has 1 unspecified atom stereocenters. The zero-order valence-corrected chi connectivity index (χ0v) is 20.9. The number of benzene rings is 1. The fraction of sp³-hybridized carbons (Fsp3) is 0.579. The summed E-state index contributed by atoms with van der Waals surface area (Å²) >= 11 is 6.09. The van der Waals surface area contributed by atoms with E-state index in [1.54, 1.807) is 7.05 Å². The molecular formula is C19H29ClIN5O3S. The molecule has 2 heterocycles. The first-order chi connectivity index (χ1) is 13.9. The summed E-state index contributed by atoms with van der Waals surface area (Å²) in [6.07, 6.45) is 0.776. The SMILES string of the molecule is CN=C(NCCC(=O)NC1CCS(=O)(=O)C1)N1CCN(c2cccc(Cl)c2)CC1.I. The van der Waals surface area contributed by atoms with Gasteiger partial charge in [0.15, 0.2) is 15.8 Å². The zero-order valence-electron chi connectivity index (χ0n) is 17.0. The number of halogens is 2. The van der Waals surface area contributed by atoms with E-state index in [0.717, 1.165) is 42.8 Å². The second-order valence-corrected chi connectivity index (χ2v) is 10.0. The summed E-state index contributed by atoms with van der Waals surface area (Å²) in [4.78, 5) is 20.8. The second kappa shape index (κ2) is 11.4. The summed E-state index contributed by atoms with van der Waals surface area (Å²) in [6.45, 7) is 3.80. The van der Waals surface area contributed by atoms with E-state index in [2.05, 4.69) is 31.5 Å². The Hall–Kier alpha value is -1.27. The van der Waals surface area contributed by atoms with Crippen molar-refractivity contribution in [1.82, 2.24) is 15.5 Å². The third kappa shape index (κ3) is 7.16. The van der Waals surface area contributed by atoms with Crippen LogP contribution in [0, 0.1) is 0 Å². The Labute approximate surface area is 200 Å². The van der Waals surface area contributed by atoms with Crippen LogP contribution in [0.4, 0.5) is 5.69 Å². The number of piperazine rings is 1. The molecular weight excluding hydrogens is 541 g/mol. The fourth-order valence-electron chi connectivity index (χ4n) is 3.68. The van der Waals surface area contributed by atoms with Crippen molar-refractivity contribution in [3.8, 4) is 0 Å². The quantitative estimate of drug-likeness (QED) is 0.316.